The first-order chi connectivity index (χ1) is 8.06. The van der Waals surface area contributed by atoms with Crippen molar-refractivity contribution in [2.24, 2.45) is 0 Å². The molecule has 0 spiro atoms. The van der Waals surface area contributed by atoms with Crippen molar-refractivity contribution in [1.29, 1.82) is 5.26 Å². The van der Waals surface area contributed by atoms with E-state index in [1.807, 2.05) is 20.2 Å². The van der Waals surface area contributed by atoms with Crippen LogP contribution in [0.25, 0.3) is 0 Å². The maximum absolute atomic E-state index is 8.96. The predicted molar refractivity (Wildman–Crippen MR) is 68.4 cm³/mol. The highest BCUT2D eigenvalue weighted by atomic mass is 35.5. The van der Waals surface area contributed by atoms with E-state index < -0.39 is 0 Å². The Morgan fingerprint density at radius 2 is 1.94 bits per heavy atom. The zero-order valence-electron chi connectivity index (χ0n) is 9.67. The van der Waals surface area contributed by atoms with Gasteiger partial charge in [-0.3, -0.25) is 0 Å². The second kappa shape index (κ2) is 6.60. The topological polar surface area (TPSA) is 64.8 Å². The molecule has 0 aliphatic carbocycles. The van der Waals surface area contributed by atoms with Crippen molar-refractivity contribution < 1.29 is 0 Å². The second-order valence-electron chi connectivity index (χ2n) is 3.73. The SMILES string of the molecule is CN(C)CCCNc1c(Cl)nnc(Cl)c1C#N. The summed E-state index contributed by atoms with van der Waals surface area (Å²) in [6.07, 6.45) is 0.925. The van der Waals surface area contributed by atoms with E-state index in [1.54, 1.807) is 0 Å². The molecule has 0 atom stereocenters. The number of anilines is 1. The van der Waals surface area contributed by atoms with Gasteiger partial charge in [0.25, 0.3) is 0 Å². The van der Waals surface area contributed by atoms with Crippen LogP contribution < -0.4 is 5.32 Å². The summed E-state index contributed by atoms with van der Waals surface area (Å²) in [7, 11) is 4.00. The fourth-order valence-corrected chi connectivity index (χ4v) is 1.64. The minimum Gasteiger partial charge on any atom is -0.381 e. The summed E-state index contributed by atoms with van der Waals surface area (Å²) >= 11 is 11.6. The molecule has 1 aromatic heterocycles. The summed E-state index contributed by atoms with van der Waals surface area (Å²) in [4.78, 5) is 2.08. The van der Waals surface area contributed by atoms with Crippen molar-refractivity contribution in [3.63, 3.8) is 0 Å². The summed E-state index contributed by atoms with van der Waals surface area (Å²) < 4.78 is 0. The van der Waals surface area contributed by atoms with Crippen molar-refractivity contribution in [2.75, 3.05) is 32.5 Å². The number of halogens is 2. The molecule has 0 aliphatic rings. The summed E-state index contributed by atoms with van der Waals surface area (Å²) in [6.45, 7) is 1.63. The normalized spacial score (nSPS) is 10.4. The quantitative estimate of drug-likeness (QED) is 0.832. The maximum Gasteiger partial charge on any atom is 0.176 e. The maximum atomic E-state index is 8.96. The summed E-state index contributed by atoms with van der Waals surface area (Å²) in [6, 6.07) is 1.96. The number of hydrogen-bond acceptors (Lipinski definition) is 5. The molecule has 0 saturated carbocycles. The third kappa shape index (κ3) is 4.00. The van der Waals surface area contributed by atoms with Crippen LogP contribution in [-0.2, 0) is 0 Å². The lowest BCUT2D eigenvalue weighted by molar-refractivity contribution is 0.405. The molecule has 1 rings (SSSR count). The molecule has 17 heavy (non-hydrogen) atoms. The molecule has 5 nitrogen and oxygen atoms in total. The van der Waals surface area contributed by atoms with Crippen LogP contribution in [0, 0.1) is 11.3 Å². The van der Waals surface area contributed by atoms with E-state index >= 15 is 0 Å². The molecular weight excluding hydrogens is 261 g/mol. The molecule has 0 saturated heterocycles. The molecule has 0 unspecified atom stereocenters. The van der Waals surface area contributed by atoms with E-state index in [-0.39, 0.29) is 15.9 Å². The van der Waals surface area contributed by atoms with Crippen molar-refractivity contribution >= 4 is 28.9 Å². The van der Waals surface area contributed by atoms with Gasteiger partial charge in [-0.1, -0.05) is 23.2 Å². The Bertz CT molecular complexity index is 427. The van der Waals surface area contributed by atoms with Crippen LogP contribution in [0.3, 0.4) is 0 Å². The molecular formula is C10H13Cl2N5. The predicted octanol–water partition coefficient (Wildman–Crippen LogP) is 2.02. The summed E-state index contributed by atoms with van der Waals surface area (Å²) in [5, 5.41) is 19.5. The molecule has 0 bridgehead atoms. The fourth-order valence-electron chi connectivity index (χ4n) is 1.27. The summed E-state index contributed by atoms with van der Waals surface area (Å²) in [5.74, 6) is 0. The Labute approximate surface area is 110 Å². The van der Waals surface area contributed by atoms with Crippen molar-refractivity contribution in [3.8, 4) is 6.07 Å². The Balaban J connectivity index is 2.70. The van der Waals surface area contributed by atoms with Gasteiger partial charge in [-0.15, -0.1) is 10.2 Å². The van der Waals surface area contributed by atoms with E-state index in [2.05, 4.69) is 20.4 Å². The second-order valence-corrected chi connectivity index (χ2v) is 4.44. The molecule has 0 amide bonds. The Kier molecular flexibility index (Phi) is 5.42. The minimum atomic E-state index is 0.0620. The van der Waals surface area contributed by atoms with Crippen LogP contribution in [0.15, 0.2) is 0 Å². The molecule has 0 aromatic carbocycles. The number of aromatic nitrogens is 2. The number of nitrogens with zero attached hydrogens (tertiary/aromatic N) is 4. The van der Waals surface area contributed by atoms with Crippen LogP contribution >= 0.6 is 23.2 Å². The molecule has 1 aromatic rings. The van der Waals surface area contributed by atoms with Gasteiger partial charge in [-0.25, -0.2) is 0 Å². The van der Waals surface area contributed by atoms with Gasteiger partial charge in [-0.05, 0) is 27.1 Å². The molecule has 0 fully saturated rings. The largest absolute Gasteiger partial charge is 0.381 e. The van der Waals surface area contributed by atoms with Crippen LogP contribution in [0.1, 0.15) is 12.0 Å². The van der Waals surface area contributed by atoms with Gasteiger partial charge in [-0.2, -0.15) is 5.26 Å². The van der Waals surface area contributed by atoms with Gasteiger partial charge >= 0.3 is 0 Å². The van der Waals surface area contributed by atoms with Gasteiger partial charge in [0.05, 0.1) is 5.69 Å². The molecule has 0 aliphatic heterocycles. The average Bonchev–Trinajstić information content (AvgIpc) is 2.28. The Morgan fingerprint density at radius 1 is 1.29 bits per heavy atom. The molecule has 1 heterocycles. The lowest BCUT2D eigenvalue weighted by Gasteiger charge is -2.12. The van der Waals surface area contributed by atoms with Crippen LogP contribution in [-0.4, -0.2) is 42.3 Å². The van der Waals surface area contributed by atoms with E-state index in [0.717, 1.165) is 13.0 Å². The molecule has 92 valence electrons. The van der Waals surface area contributed by atoms with Gasteiger partial charge in [0.1, 0.15) is 11.6 Å². The highest BCUT2D eigenvalue weighted by molar-refractivity contribution is 6.34. The van der Waals surface area contributed by atoms with Gasteiger partial charge in [0, 0.05) is 6.54 Å². The highest BCUT2D eigenvalue weighted by Gasteiger charge is 2.13. The number of nitriles is 1. The Hall–Kier alpha value is -1.09. The first-order valence-corrected chi connectivity index (χ1v) is 5.82. The molecule has 1 N–H and O–H groups in total. The summed E-state index contributed by atoms with van der Waals surface area (Å²) in [5.41, 5.74) is 0.685. The molecule has 7 heteroatoms. The third-order valence-corrected chi connectivity index (χ3v) is 2.61. The van der Waals surface area contributed by atoms with Crippen LogP contribution in [0.4, 0.5) is 5.69 Å². The fraction of sp³-hybridized carbons (Fsp3) is 0.500. The third-order valence-electron chi connectivity index (χ3n) is 2.08. The zero-order valence-corrected chi connectivity index (χ0v) is 11.2. The van der Waals surface area contributed by atoms with E-state index in [9.17, 15) is 0 Å². The average molecular weight is 274 g/mol. The first-order valence-electron chi connectivity index (χ1n) is 5.06. The van der Waals surface area contributed by atoms with Crippen molar-refractivity contribution in [1.82, 2.24) is 15.1 Å². The van der Waals surface area contributed by atoms with Gasteiger partial charge in [0.2, 0.25) is 0 Å². The first kappa shape index (κ1) is 14.0. The van der Waals surface area contributed by atoms with Crippen molar-refractivity contribution in [2.45, 2.75) is 6.42 Å². The van der Waals surface area contributed by atoms with E-state index in [4.69, 9.17) is 28.5 Å². The monoisotopic (exact) mass is 273 g/mol. The lowest BCUT2D eigenvalue weighted by Crippen LogP contribution is -2.17. The molecule has 0 radical (unpaired) electrons. The van der Waals surface area contributed by atoms with E-state index in [1.165, 1.54) is 0 Å². The van der Waals surface area contributed by atoms with Crippen LogP contribution in [0.5, 0.6) is 0 Å². The zero-order chi connectivity index (χ0) is 12.8. The van der Waals surface area contributed by atoms with Crippen molar-refractivity contribution in [3.05, 3.63) is 15.9 Å². The van der Waals surface area contributed by atoms with Crippen LogP contribution in [0.2, 0.25) is 10.3 Å². The highest BCUT2D eigenvalue weighted by Crippen LogP contribution is 2.27. The minimum absolute atomic E-state index is 0.0620. The standard InChI is InChI=1S/C10H13Cl2N5/c1-17(2)5-3-4-14-8-7(6-13)9(11)15-16-10(8)12/h3-5H2,1-2H3,(H,14,15). The van der Waals surface area contributed by atoms with E-state index in [0.29, 0.717) is 12.2 Å². The Morgan fingerprint density at radius 3 is 2.53 bits per heavy atom. The number of rotatable bonds is 5. The van der Waals surface area contributed by atoms with Gasteiger partial charge in [0.15, 0.2) is 10.3 Å². The lowest BCUT2D eigenvalue weighted by atomic mass is 10.2. The number of hydrogen-bond donors (Lipinski definition) is 1. The van der Waals surface area contributed by atoms with Gasteiger partial charge < -0.3 is 10.2 Å². The number of nitrogens with one attached hydrogen (secondary N) is 1. The smallest absolute Gasteiger partial charge is 0.176 e.